The van der Waals surface area contributed by atoms with Gasteiger partial charge in [0.1, 0.15) is 0 Å². The van der Waals surface area contributed by atoms with E-state index in [0.717, 1.165) is 0 Å². The average molecular weight is 685 g/mol. The van der Waals surface area contributed by atoms with E-state index in [9.17, 15) is 0 Å². The molecular weight excluding hydrogens is 601 g/mol. The van der Waals surface area contributed by atoms with Crippen LogP contribution in [0.2, 0.25) is 0 Å². The molecule has 0 aromatic carbocycles. The molecule has 0 radical (unpaired) electrons. The van der Waals surface area contributed by atoms with Crippen LogP contribution in [0, 0.1) is 0 Å². The summed E-state index contributed by atoms with van der Waals surface area (Å²) in [5, 5.41) is 0. The van der Waals surface area contributed by atoms with Crippen LogP contribution in [0.5, 0.6) is 0 Å². The van der Waals surface area contributed by atoms with Gasteiger partial charge in [-0.2, -0.15) is 0 Å². The van der Waals surface area contributed by atoms with E-state index in [2.05, 4.69) is 24.3 Å². The van der Waals surface area contributed by atoms with Crippen LogP contribution in [-0.2, 0) is 0 Å². The highest BCUT2D eigenvalue weighted by Crippen LogP contribution is 2.41. The lowest BCUT2D eigenvalue weighted by atomic mass is 9.78. The van der Waals surface area contributed by atoms with Gasteiger partial charge in [0.15, 0.2) is 0 Å². The fourth-order valence-electron chi connectivity index (χ4n) is 9.56. The third kappa shape index (κ3) is 17.5. The van der Waals surface area contributed by atoms with Gasteiger partial charge in [-0.25, -0.2) is 0 Å². The van der Waals surface area contributed by atoms with Gasteiger partial charge in [-0.1, -0.05) is 178 Å². The molecule has 284 valence electrons. The van der Waals surface area contributed by atoms with Gasteiger partial charge in [0.2, 0.25) is 0 Å². The van der Waals surface area contributed by atoms with Crippen LogP contribution in [0.25, 0.3) is 0 Å². The predicted molar refractivity (Wildman–Crippen MR) is 224 cm³/mol. The molecule has 0 N–H and O–H groups in total. The van der Waals surface area contributed by atoms with Gasteiger partial charge < -0.3 is 0 Å². The SMILES string of the molecule is C1=C(C(C2=CCCCCCCCCCC2)=C(C2=CCCCCCCCCCC2)C2=CCCCCCCCCCC2)CCCCCCCCCC1. The molecular formula is C50H84. The third-order valence-corrected chi connectivity index (χ3v) is 12.7. The Morgan fingerprint density at radius 2 is 0.360 bits per heavy atom. The third-order valence-electron chi connectivity index (χ3n) is 12.7. The van der Waals surface area contributed by atoms with Crippen molar-refractivity contribution in [1.29, 1.82) is 0 Å². The summed E-state index contributed by atoms with van der Waals surface area (Å²) in [7, 11) is 0. The zero-order valence-corrected chi connectivity index (χ0v) is 33.6. The lowest BCUT2D eigenvalue weighted by Crippen LogP contribution is -2.08. The standard InChI is InChI=1S/C50H84/c1-5-13-21-29-37-45(38-30-22-14-6-1)49(46-39-31-23-15-7-2-8-16-24-32-40-46)50(47-41-33-25-17-9-3-10-18-26-34-42-47)48-43-35-27-19-11-4-12-20-28-36-44-48/h37,39,41,43H,1-36,38,40,42,44H2. The molecule has 0 aliphatic heterocycles. The first-order valence-electron chi connectivity index (χ1n) is 23.5. The van der Waals surface area contributed by atoms with Gasteiger partial charge >= 0.3 is 0 Å². The van der Waals surface area contributed by atoms with Crippen molar-refractivity contribution in [1.82, 2.24) is 0 Å². The van der Waals surface area contributed by atoms with Crippen molar-refractivity contribution in [2.75, 3.05) is 0 Å². The molecule has 0 bridgehead atoms. The Balaban J connectivity index is 1.90. The second kappa shape index (κ2) is 28.2. The van der Waals surface area contributed by atoms with Crippen LogP contribution in [0.15, 0.2) is 57.7 Å². The van der Waals surface area contributed by atoms with Gasteiger partial charge in [0.05, 0.1) is 0 Å². The highest BCUT2D eigenvalue weighted by atomic mass is 14.3. The maximum Gasteiger partial charge on any atom is -0.0121 e. The van der Waals surface area contributed by atoms with Crippen molar-refractivity contribution in [2.24, 2.45) is 0 Å². The minimum atomic E-state index is 1.29. The van der Waals surface area contributed by atoms with Crippen molar-refractivity contribution in [2.45, 2.75) is 257 Å². The number of hydrogen-bond acceptors (Lipinski definition) is 0. The summed E-state index contributed by atoms with van der Waals surface area (Å²) in [6.45, 7) is 0. The van der Waals surface area contributed by atoms with Gasteiger partial charge in [0, 0.05) is 0 Å². The first-order valence-corrected chi connectivity index (χ1v) is 23.5. The van der Waals surface area contributed by atoms with E-state index in [1.165, 1.54) is 257 Å². The summed E-state index contributed by atoms with van der Waals surface area (Å²) >= 11 is 0. The monoisotopic (exact) mass is 685 g/mol. The minimum Gasteiger partial charge on any atom is -0.0807 e. The van der Waals surface area contributed by atoms with E-state index >= 15 is 0 Å². The smallest absolute Gasteiger partial charge is 0.0121 e. The highest BCUT2D eigenvalue weighted by molar-refractivity contribution is 5.62. The van der Waals surface area contributed by atoms with Gasteiger partial charge in [-0.3, -0.25) is 0 Å². The van der Waals surface area contributed by atoms with Crippen molar-refractivity contribution < 1.29 is 0 Å². The molecule has 0 saturated heterocycles. The molecule has 0 amide bonds. The minimum absolute atomic E-state index is 1.29. The van der Waals surface area contributed by atoms with Crippen LogP contribution in [0.4, 0.5) is 0 Å². The van der Waals surface area contributed by atoms with Crippen molar-refractivity contribution in [3.05, 3.63) is 57.7 Å². The normalized spacial score (nSPS) is 24.1. The maximum absolute atomic E-state index is 2.82. The molecule has 0 nitrogen and oxygen atoms in total. The first-order chi connectivity index (χ1) is 24.9. The largest absolute Gasteiger partial charge is 0.0807 e. The Morgan fingerprint density at radius 1 is 0.200 bits per heavy atom. The van der Waals surface area contributed by atoms with Gasteiger partial charge in [-0.05, 0) is 136 Å². The predicted octanol–water partition coefficient (Wildman–Crippen LogP) is 17.6. The second-order valence-corrected chi connectivity index (χ2v) is 17.1. The number of hydrogen-bond donors (Lipinski definition) is 0. The maximum atomic E-state index is 2.82. The highest BCUT2D eigenvalue weighted by Gasteiger charge is 2.23. The Morgan fingerprint density at radius 3 is 0.560 bits per heavy atom. The van der Waals surface area contributed by atoms with Gasteiger partial charge in [0.25, 0.3) is 0 Å². The van der Waals surface area contributed by atoms with E-state index in [1.807, 2.05) is 0 Å². The summed E-state index contributed by atoms with van der Waals surface area (Å²) in [6.07, 6.45) is 67.3. The zero-order valence-electron chi connectivity index (χ0n) is 33.6. The van der Waals surface area contributed by atoms with Crippen LogP contribution in [0.1, 0.15) is 257 Å². The first kappa shape index (κ1) is 41.5. The molecule has 0 spiro atoms. The van der Waals surface area contributed by atoms with Crippen LogP contribution in [0.3, 0.4) is 0 Å². The molecule has 0 aromatic rings. The fraction of sp³-hybridized carbons (Fsp3) is 0.800. The van der Waals surface area contributed by atoms with E-state index in [4.69, 9.17) is 0 Å². The molecule has 0 saturated carbocycles. The van der Waals surface area contributed by atoms with Crippen molar-refractivity contribution >= 4 is 0 Å². The molecule has 0 fully saturated rings. The number of allylic oxidation sites excluding steroid dienone is 10. The fourth-order valence-corrected chi connectivity index (χ4v) is 9.56. The summed E-state index contributed by atoms with van der Waals surface area (Å²) in [5.41, 5.74) is 10.7. The Hall–Kier alpha value is -1.30. The molecule has 0 aromatic heterocycles. The molecule has 0 heteroatoms. The summed E-state index contributed by atoms with van der Waals surface area (Å²) in [4.78, 5) is 0. The molecule has 50 heavy (non-hydrogen) atoms. The summed E-state index contributed by atoms with van der Waals surface area (Å²) < 4.78 is 0. The van der Waals surface area contributed by atoms with Crippen molar-refractivity contribution in [3.63, 3.8) is 0 Å². The average Bonchev–Trinajstić information content (AvgIpc) is 3.09. The van der Waals surface area contributed by atoms with Crippen LogP contribution < -0.4 is 0 Å². The Bertz CT molecular complexity index is 864. The second-order valence-electron chi connectivity index (χ2n) is 17.1. The van der Waals surface area contributed by atoms with Crippen LogP contribution >= 0.6 is 0 Å². The van der Waals surface area contributed by atoms with Crippen molar-refractivity contribution in [3.8, 4) is 0 Å². The Labute approximate surface area is 313 Å². The van der Waals surface area contributed by atoms with E-state index in [1.54, 1.807) is 33.4 Å². The molecule has 4 aliphatic rings. The Kier molecular flexibility index (Phi) is 23.4. The quantitative estimate of drug-likeness (QED) is 0.276. The van der Waals surface area contributed by atoms with E-state index in [0.29, 0.717) is 0 Å². The molecule has 0 unspecified atom stereocenters. The summed E-state index contributed by atoms with van der Waals surface area (Å²) in [5.74, 6) is 0. The molecule has 4 rings (SSSR count). The van der Waals surface area contributed by atoms with E-state index in [-0.39, 0.29) is 0 Å². The van der Waals surface area contributed by atoms with Gasteiger partial charge in [-0.15, -0.1) is 0 Å². The summed E-state index contributed by atoms with van der Waals surface area (Å²) in [6, 6.07) is 0. The molecule has 0 heterocycles. The number of rotatable bonds is 4. The van der Waals surface area contributed by atoms with E-state index < -0.39 is 0 Å². The zero-order chi connectivity index (χ0) is 34.6. The lowest BCUT2D eigenvalue weighted by molar-refractivity contribution is 0.557. The molecule has 0 atom stereocenters. The topological polar surface area (TPSA) is 0 Å². The molecule has 4 aliphatic carbocycles. The van der Waals surface area contributed by atoms with Crippen LogP contribution in [-0.4, -0.2) is 0 Å². The lowest BCUT2D eigenvalue weighted by Gasteiger charge is -2.27.